The Balaban J connectivity index is 1.16. The van der Waals surface area contributed by atoms with Gasteiger partial charge in [-0.15, -0.1) is 0 Å². The lowest BCUT2D eigenvalue weighted by molar-refractivity contribution is -0.385. The summed E-state index contributed by atoms with van der Waals surface area (Å²) in [5.74, 6) is -1.15. The van der Waals surface area contributed by atoms with Crippen molar-refractivity contribution in [1.29, 1.82) is 0 Å². The van der Waals surface area contributed by atoms with Crippen molar-refractivity contribution in [2.24, 2.45) is 0 Å². The quantitative estimate of drug-likeness (QED) is 0.0304. The molecule has 5 aliphatic heterocycles. The van der Waals surface area contributed by atoms with Crippen molar-refractivity contribution in [3.05, 3.63) is 24.3 Å². The molecule has 0 aromatic heterocycles. The summed E-state index contributed by atoms with van der Waals surface area (Å²) in [4.78, 5) is 26.4. The molecule has 0 saturated carbocycles. The first-order valence-electron chi connectivity index (χ1n) is 39.1. The van der Waals surface area contributed by atoms with Gasteiger partial charge in [0.2, 0.25) is 11.8 Å². The summed E-state index contributed by atoms with van der Waals surface area (Å²) in [6.07, 6.45) is -1.89. The average molecular weight is 1500 g/mol. The second kappa shape index (κ2) is 51.8. The van der Waals surface area contributed by atoms with Gasteiger partial charge in [-0.1, -0.05) is 192 Å². The summed E-state index contributed by atoms with van der Waals surface area (Å²) >= 11 is 0. The van der Waals surface area contributed by atoms with E-state index in [4.69, 9.17) is 47.4 Å². The van der Waals surface area contributed by atoms with E-state index in [2.05, 4.69) is 36.6 Å². The second-order valence-corrected chi connectivity index (χ2v) is 28.9. The van der Waals surface area contributed by atoms with Crippen molar-refractivity contribution >= 4 is 11.8 Å². The minimum atomic E-state index is -2.16. The minimum Gasteiger partial charge on any atom is -0.394 e. The molecule has 608 valence electrons. The smallest absolute Gasteiger partial charge is 0.220 e. The number of carbonyl (C=O) groups excluding carboxylic acids is 2. The number of allylic oxidation sites excluding steroid dienone is 3. The fraction of sp³-hybridized carbons (Fsp3) is 0.919. The van der Waals surface area contributed by atoms with Gasteiger partial charge in [0.1, 0.15) is 122 Å². The Morgan fingerprint density at radius 1 is 0.375 bits per heavy atom. The number of nitrogens with one attached hydrogen (secondary N) is 2. The molecule has 0 aromatic carbocycles. The van der Waals surface area contributed by atoms with E-state index in [1.165, 1.54) is 135 Å². The fourth-order valence-electron chi connectivity index (χ4n) is 14.0. The Kier molecular flexibility index (Phi) is 45.8. The molecule has 5 fully saturated rings. The highest BCUT2D eigenvalue weighted by Crippen LogP contribution is 2.37. The maximum Gasteiger partial charge on any atom is 0.220 e. The molecular formula is C74H134N2O28. The number of ether oxygens (including phenoxy) is 10. The molecule has 30 nitrogen and oxygen atoms in total. The molecule has 30 heteroatoms. The Morgan fingerprint density at radius 2 is 0.721 bits per heavy atom. The summed E-state index contributed by atoms with van der Waals surface area (Å²) in [7, 11) is 0. The number of hydrogen-bond acceptors (Lipinski definition) is 28. The van der Waals surface area contributed by atoms with Gasteiger partial charge in [0.25, 0.3) is 0 Å². The summed E-state index contributed by atoms with van der Waals surface area (Å²) in [6.45, 7) is 0.345. The highest BCUT2D eigenvalue weighted by atomic mass is 16.8. The van der Waals surface area contributed by atoms with Crippen LogP contribution >= 0.6 is 0 Å². The van der Waals surface area contributed by atoms with Crippen LogP contribution in [0.4, 0.5) is 0 Å². The minimum absolute atomic E-state index is 0.193. The van der Waals surface area contributed by atoms with Gasteiger partial charge in [0, 0.05) is 13.3 Å². The monoisotopic (exact) mass is 1500 g/mol. The first kappa shape index (κ1) is 92.0. The Morgan fingerprint density at radius 3 is 1.18 bits per heavy atom. The number of unbranched alkanes of at least 4 members (excludes halogenated alkanes) is 28. The van der Waals surface area contributed by atoms with Crippen molar-refractivity contribution in [3.8, 4) is 0 Å². The highest BCUT2D eigenvalue weighted by molar-refractivity contribution is 5.76. The average Bonchev–Trinajstić information content (AvgIpc) is 0.772. The van der Waals surface area contributed by atoms with Crippen LogP contribution < -0.4 is 10.6 Å². The zero-order valence-corrected chi connectivity index (χ0v) is 61.8. The maximum absolute atomic E-state index is 13.5. The summed E-state index contributed by atoms with van der Waals surface area (Å²) < 4.78 is 58.5. The summed E-state index contributed by atoms with van der Waals surface area (Å²) in [6, 6.07) is -2.78. The van der Waals surface area contributed by atoms with E-state index in [9.17, 15) is 91.3 Å². The van der Waals surface area contributed by atoms with Crippen LogP contribution in [0.5, 0.6) is 0 Å². The van der Waals surface area contributed by atoms with E-state index in [1.54, 1.807) is 6.08 Å². The van der Waals surface area contributed by atoms with Crippen LogP contribution in [0.2, 0.25) is 0 Å². The van der Waals surface area contributed by atoms with Crippen LogP contribution in [0, 0.1) is 0 Å². The van der Waals surface area contributed by atoms with Gasteiger partial charge < -0.3 is 140 Å². The van der Waals surface area contributed by atoms with Crippen LogP contribution in [-0.4, -0.2) is 299 Å². The molecule has 27 atom stereocenters. The van der Waals surface area contributed by atoms with Crippen molar-refractivity contribution in [1.82, 2.24) is 10.6 Å². The van der Waals surface area contributed by atoms with Gasteiger partial charge in [-0.2, -0.15) is 0 Å². The van der Waals surface area contributed by atoms with Crippen molar-refractivity contribution in [2.75, 3.05) is 39.6 Å². The highest BCUT2D eigenvalue weighted by Gasteiger charge is 2.57. The molecule has 0 spiro atoms. The van der Waals surface area contributed by atoms with Crippen molar-refractivity contribution < 1.29 is 139 Å². The van der Waals surface area contributed by atoms with Crippen LogP contribution in [-0.2, 0) is 57.0 Å². The molecule has 0 radical (unpaired) electrons. The van der Waals surface area contributed by atoms with E-state index in [0.717, 1.165) is 58.3 Å². The van der Waals surface area contributed by atoms with E-state index in [-0.39, 0.29) is 12.3 Å². The molecule has 5 rings (SSSR count). The third kappa shape index (κ3) is 30.2. The van der Waals surface area contributed by atoms with Gasteiger partial charge in [0.15, 0.2) is 31.5 Å². The number of aliphatic hydroxyl groups is 16. The van der Waals surface area contributed by atoms with Crippen LogP contribution in [0.1, 0.15) is 226 Å². The largest absolute Gasteiger partial charge is 0.394 e. The molecule has 5 aliphatic rings. The van der Waals surface area contributed by atoms with Crippen LogP contribution in [0.25, 0.3) is 0 Å². The normalized spacial score (nSPS) is 34.8. The molecule has 0 bridgehead atoms. The predicted octanol–water partition coefficient (Wildman–Crippen LogP) is 1.72. The standard InChI is InChI=1S/C74H134N2O28/c1-4-6-8-10-12-14-16-18-19-20-21-22-23-24-25-27-29-31-33-35-37-39-54(84)76-47(48(83)38-36-34-32-30-28-26-17-15-13-11-9-7-5-2)45-95-71-63(92)60(89)67(52(43-80)99-71)102-73-64(93)61(90)66(53(44-81)100-73)101-70-55(75-46(3)82)68(57(86)50(41-78)96-70)103-74-65(94)69(58(87)51(42-79)98-74)104-72-62(91)59(88)56(85)49(40-77)97-72/h18-19,36,38,47-53,55-74,77-81,83,85-94H,4-17,20-35,37,39-45H2,1-3H3,(H,75,82)(H,76,84)/b19-18-,38-36+/t47-,48+,49?,50?,51?,52?,53?,55?,56-,57-,58-,59-,60+,61+,62?,63?,64?,65?,66-,67+,68+,69-,70-,71+,72+,73-,74-/m0/s1. The molecule has 0 aliphatic carbocycles. The molecule has 18 N–H and O–H groups in total. The summed E-state index contributed by atoms with van der Waals surface area (Å²) in [5, 5.41) is 181. The zero-order chi connectivity index (χ0) is 75.9. The fourth-order valence-corrected chi connectivity index (χ4v) is 14.0. The number of rotatable bonds is 53. The topological polar surface area (TPSA) is 474 Å². The molecule has 2 amide bonds. The van der Waals surface area contributed by atoms with Gasteiger partial charge in [-0.3, -0.25) is 9.59 Å². The second-order valence-electron chi connectivity index (χ2n) is 28.9. The molecule has 104 heavy (non-hydrogen) atoms. The lowest BCUT2D eigenvalue weighted by Gasteiger charge is -2.50. The maximum atomic E-state index is 13.5. The third-order valence-corrected chi connectivity index (χ3v) is 20.4. The van der Waals surface area contributed by atoms with E-state index < -0.39 is 211 Å². The molecule has 10 unspecified atom stereocenters. The van der Waals surface area contributed by atoms with Gasteiger partial charge in [-0.25, -0.2) is 0 Å². The van der Waals surface area contributed by atoms with Gasteiger partial charge >= 0.3 is 0 Å². The molecule has 0 aromatic rings. The first-order chi connectivity index (χ1) is 50.2. The first-order valence-corrected chi connectivity index (χ1v) is 39.1. The molecular weight excluding hydrogens is 1360 g/mol. The lowest BCUT2D eigenvalue weighted by Crippen LogP contribution is -2.70. The zero-order valence-electron chi connectivity index (χ0n) is 61.8. The molecule has 5 heterocycles. The number of hydrogen-bond donors (Lipinski definition) is 18. The Hall–Kier alpha value is -2.62. The van der Waals surface area contributed by atoms with E-state index in [0.29, 0.717) is 12.8 Å². The lowest BCUT2D eigenvalue weighted by atomic mass is 9.94. The van der Waals surface area contributed by atoms with E-state index >= 15 is 0 Å². The van der Waals surface area contributed by atoms with Crippen molar-refractivity contribution in [2.45, 2.75) is 392 Å². The van der Waals surface area contributed by atoms with Crippen LogP contribution in [0.3, 0.4) is 0 Å². The Bertz CT molecular complexity index is 2300. The van der Waals surface area contributed by atoms with Gasteiger partial charge in [-0.05, 0) is 44.9 Å². The summed E-state index contributed by atoms with van der Waals surface area (Å²) in [5.41, 5.74) is 0. The van der Waals surface area contributed by atoms with Gasteiger partial charge in [0.05, 0.1) is 51.8 Å². The number of amides is 2. The van der Waals surface area contributed by atoms with Crippen molar-refractivity contribution in [3.63, 3.8) is 0 Å². The molecule has 5 saturated heterocycles. The Labute approximate surface area is 614 Å². The third-order valence-electron chi connectivity index (χ3n) is 20.4. The number of carbonyl (C=O) groups is 2. The number of aliphatic hydroxyl groups excluding tert-OH is 16. The predicted molar refractivity (Wildman–Crippen MR) is 377 cm³/mol. The van der Waals surface area contributed by atoms with E-state index in [1.807, 2.05) is 6.08 Å². The van der Waals surface area contributed by atoms with Crippen LogP contribution in [0.15, 0.2) is 24.3 Å². The SMILES string of the molecule is CCCCCCCC/C=C\CCCCCCCCCCCCCC(=O)N[C@@H](CO[C@@H]1OC(CO)[C@@H](O[C@@H]2OC(CO)[C@H](O[C@@H]3OC(CO)[C@H](O)[C@H](O[C@@H]4OC(CO)[C@H](O)[C@H](O[C@H]5OC(CO)[C@H](O)[C@H](O)C5O)C4O)C3NC(C)=O)[C@H](O)C2O)[C@H](O)C1O)[C@H](O)/C=C/CCCCCCCCCCCCC.